The van der Waals surface area contributed by atoms with Crippen molar-refractivity contribution in [2.45, 2.75) is 134 Å². The fraction of sp³-hybridized carbons (Fsp3) is 0.786. The van der Waals surface area contributed by atoms with Crippen molar-refractivity contribution in [1.82, 2.24) is 6.15 Å². The van der Waals surface area contributed by atoms with Crippen molar-refractivity contribution in [2.75, 3.05) is 0 Å². The van der Waals surface area contributed by atoms with Gasteiger partial charge in [0, 0.05) is 0 Å². The molecule has 2 nitrogen and oxygen atoms in total. The van der Waals surface area contributed by atoms with Crippen LogP contribution in [0, 0.1) is 11.8 Å². The Balaban J connectivity index is -0.000000108. The maximum absolute atomic E-state index is 10.7. The van der Waals surface area contributed by atoms with Crippen molar-refractivity contribution in [3.8, 4) is 0 Å². The van der Waals surface area contributed by atoms with Gasteiger partial charge in [-0.1, -0.05) is 113 Å². The number of Topliss-reactive ketones (excluding diaryl/α,β-unsaturated/α-hetero) is 1. The Morgan fingerprint density at radius 1 is 1.00 bits per heavy atom. The lowest BCUT2D eigenvalue weighted by Gasteiger charge is -2.24. The first kappa shape index (κ1) is 39.4. The van der Waals surface area contributed by atoms with Crippen LogP contribution in [0.5, 0.6) is 0 Å². The summed E-state index contributed by atoms with van der Waals surface area (Å²) in [5.41, 5.74) is 5.32. The molecule has 30 heavy (non-hydrogen) atoms. The summed E-state index contributed by atoms with van der Waals surface area (Å²) < 4.78 is 0. The fourth-order valence-electron chi connectivity index (χ4n) is 3.06. The summed E-state index contributed by atoms with van der Waals surface area (Å²) in [6.45, 7) is 26.1. The van der Waals surface area contributed by atoms with E-state index >= 15 is 0 Å². The Hall–Kier alpha value is -1.11. The molecule has 2 heteroatoms. The fourth-order valence-corrected chi connectivity index (χ4v) is 3.06. The third kappa shape index (κ3) is 26.9. The molecule has 0 aromatic heterocycles. The SMILES string of the molecule is C=C=C(C)C(C)CC1CCCCC1.CC.CC.CC/C=C(\CC)C(C)=O.CCC.N. The van der Waals surface area contributed by atoms with Crippen LogP contribution < -0.4 is 6.15 Å². The van der Waals surface area contributed by atoms with E-state index in [1.807, 2.05) is 47.6 Å². The predicted molar refractivity (Wildman–Crippen MR) is 142 cm³/mol. The number of hydrogen-bond donors (Lipinski definition) is 1. The molecule has 1 unspecified atom stereocenters. The van der Waals surface area contributed by atoms with Crippen molar-refractivity contribution in [3.63, 3.8) is 0 Å². The summed E-state index contributed by atoms with van der Waals surface area (Å²) in [5.74, 6) is 1.88. The molecule has 1 aliphatic rings. The van der Waals surface area contributed by atoms with Crippen LogP contribution in [0.1, 0.15) is 134 Å². The first-order valence-corrected chi connectivity index (χ1v) is 12.4. The number of hydrogen-bond acceptors (Lipinski definition) is 2. The van der Waals surface area contributed by atoms with Crippen molar-refractivity contribution in [1.29, 1.82) is 0 Å². The van der Waals surface area contributed by atoms with Gasteiger partial charge in [-0.15, -0.1) is 5.73 Å². The summed E-state index contributed by atoms with van der Waals surface area (Å²) in [7, 11) is 0. The average Bonchev–Trinajstić information content (AvgIpc) is 2.75. The molecule has 0 heterocycles. The molecule has 182 valence electrons. The predicted octanol–water partition coefficient (Wildman–Crippen LogP) is 10.3. The zero-order chi connectivity index (χ0) is 23.7. The van der Waals surface area contributed by atoms with E-state index in [1.54, 1.807) is 6.92 Å². The van der Waals surface area contributed by atoms with Crippen LogP contribution in [0.3, 0.4) is 0 Å². The summed E-state index contributed by atoms with van der Waals surface area (Å²) in [6.07, 6.45) is 13.7. The van der Waals surface area contributed by atoms with Crippen LogP contribution in [-0.4, -0.2) is 5.78 Å². The normalized spacial score (nSPS) is 13.5. The standard InChI is InChI=1S/C13H22.C8H14O.C3H8.2C2H6.H3N/c1-4-11(2)12(3)10-13-8-6-5-7-9-13;1-4-6-8(5-2)7(3)9;1-3-2;2*1-2;/h12-13H,1,5-10H2,2-3H3;6H,4-5H2,1-3H3;3H2,1-2H3;2*1-2H3;1H3/b;8-6+;;;;. The first-order chi connectivity index (χ1) is 13.9. The van der Waals surface area contributed by atoms with E-state index in [-0.39, 0.29) is 11.9 Å². The van der Waals surface area contributed by atoms with Crippen molar-refractivity contribution in [2.24, 2.45) is 11.8 Å². The van der Waals surface area contributed by atoms with Gasteiger partial charge in [-0.25, -0.2) is 0 Å². The Bertz CT molecular complexity index is 410. The van der Waals surface area contributed by atoms with Gasteiger partial charge in [0.2, 0.25) is 0 Å². The molecule has 0 aliphatic heterocycles. The van der Waals surface area contributed by atoms with E-state index < -0.39 is 0 Å². The summed E-state index contributed by atoms with van der Waals surface area (Å²) in [5, 5.41) is 0. The third-order valence-electron chi connectivity index (χ3n) is 4.71. The van der Waals surface area contributed by atoms with Gasteiger partial charge in [-0.3, -0.25) is 4.79 Å². The topological polar surface area (TPSA) is 52.1 Å². The quantitative estimate of drug-likeness (QED) is 0.340. The molecule has 1 fully saturated rings. The highest BCUT2D eigenvalue weighted by molar-refractivity contribution is 5.93. The van der Waals surface area contributed by atoms with Crippen molar-refractivity contribution in [3.05, 3.63) is 29.5 Å². The maximum atomic E-state index is 10.7. The van der Waals surface area contributed by atoms with E-state index in [1.165, 1.54) is 50.5 Å². The highest BCUT2D eigenvalue weighted by Crippen LogP contribution is 2.30. The van der Waals surface area contributed by atoms with Crippen LogP contribution in [0.15, 0.2) is 29.5 Å². The summed E-state index contributed by atoms with van der Waals surface area (Å²) >= 11 is 0. The second kappa shape index (κ2) is 32.6. The molecule has 0 aromatic rings. The van der Waals surface area contributed by atoms with E-state index in [4.69, 9.17) is 0 Å². The van der Waals surface area contributed by atoms with Gasteiger partial charge in [0.05, 0.1) is 0 Å². The van der Waals surface area contributed by atoms with Gasteiger partial charge < -0.3 is 6.15 Å². The number of allylic oxidation sites excluding steroid dienone is 3. The van der Waals surface area contributed by atoms with Gasteiger partial charge >= 0.3 is 0 Å². The smallest absolute Gasteiger partial charge is 0.155 e. The average molecular weight is 426 g/mol. The van der Waals surface area contributed by atoms with Crippen LogP contribution in [0.4, 0.5) is 0 Å². The summed E-state index contributed by atoms with van der Waals surface area (Å²) in [6, 6.07) is 0. The molecule has 0 amide bonds. The van der Waals surface area contributed by atoms with Crippen molar-refractivity contribution < 1.29 is 4.79 Å². The molecule has 1 rings (SSSR count). The largest absolute Gasteiger partial charge is 0.344 e. The molecule has 3 N–H and O–H groups in total. The van der Waals surface area contributed by atoms with Gasteiger partial charge in [0.25, 0.3) is 0 Å². The molecule has 0 saturated heterocycles. The van der Waals surface area contributed by atoms with Crippen LogP contribution in [0.2, 0.25) is 0 Å². The maximum Gasteiger partial charge on any atom is 0.155 e. The minimum Gasteiger partial charge on any atom is -0.344 e. The monoisotopic (exact) mass is 425 g/mol. The van der Waals surface area contributed by atoms with Gasteiger partial charge in [-0.2, -0.15) is 0 Å². The summed E-state index contributed by atoms with van der Waals surface area (Å²) in [4.78, 5) is 10.7. The minimum absolute atomic E-state index is 0. The molecule has 1 saturated carbocycles. The zero-order valence-corrected chi connectivity index (χ0v) is 22.9. The van der Waals surface area contributed by atoms with Crippen LogP contribution in [0.25, 0.3) is 0 Å². The van der Waals surface area contributed by atoms with Crippen molar-refractivity contribution >= 4 is 5.78 Å². The molecule has 0 bridgehead atoms. The van der Waals surface area contributed by atoms with E-state index in [0.717, 1.165) is 24.3 Å². The van der Waals surface area contributed by atoms with E-state index in [9.17, 15) is 4.79 Å². The highest BCUT2D eigenvalue weighted by Gasteiger charge is 2.16. The molecule has 1 aliphatic carbocycles. The lowest BCUT2D eigenvalue weighted by atomic mass is 9.81. The number of rotatable bonds is 6. The second-order valence-corrected chi connectivity index (χ2v) is 7.26. The Morgan fingerprint density at radius 2 is 1.43 bits per heavy atom. The number of ketones is 1. The Morgan fingerprint density at radius 3 is 1.70 bits per heavy atom. The Kier molecular flexibility index (Phi) is 42.7. The lowest BCUT2D eigenvalue weighted by molar-refractivity contribution is -0.113. The molecule has 0 spiro atoms. The number of carbonyl (C=O) groups excluding carboxylic acids is 1. The zero-order valence-electron chi connectivity index (χ0n) is 22.9. The Labute approximate surface area is 192 Å². The molecule has 0 aromatic carbocycles. The van der Waals surface area contributed by atoms with E-state index in [0.29, 0.717) is 5.92 Å². The molecular weight excluding hydrogens is 366 g/mol. The third-order valence-corrected chi connectivity index (χ3v) is 4.71. The van der Waals surface area contributed by atoms with Crippen LogP contribution >= 0.6 is 0 Å². The molecule has 1 atom stereocenters. The number of carbonyl (C=O) groups is 1. The van der Waals surface area contributed by atoms with Gasteiger partial charge in [-0.05, 0) is 56.1 Å². The first-order valence-electron chi connectivity index (χ1n) is 12.4. The lowest BCUT2D eigenvalue weighted by Crippen LogP contribution is -2.10. The van der Waals surface area contributed by atoms with Gasteiger partial charge in [0.15, 0.2) is 5.78 Å². The van der Waals surface area contributed by atoms with E-state index in [2.05, 4.69) is 40.0 Å². The molecule has 0 radical (unpaired) electrons. The van der Waals surface area contributed by atoms with Gasteiger partial charge in [0.1, 0.15) is 0 Å². The minimum atomic E-state index is 0. The molecular formula is C28H59NO. The van der Waals surface area contributed by atoms with Crippen LogP contribution in [-0.2, 0) is 4.79 Å². The second-order valence-electron chi connectivity index (χ2n) is 7.26. The highest BCUT2D eigenvalue weighted by atomic mass is 16.1.